The maximum Gasteiger partial charge on any atom is 0.167 e. The average Bonchev–Trinajstić information content (AvgIpc) is 2.56. The fraction of sp³-hybridized carbons (Fsp3) is 0.600. The van der Waals surface area contributed by atoms with Gasteiger partial charge in [0.1, 0.15) is 0 Å². The third kappa shape index (κ3) is 2.31. The smallest absolute Gasteiger partial charge is 0.167 e. The van der Waals surface area contributed by atoms with Crippen molar-refractivity contribution in [1.29, 1.82) is 0 Å². The molecule has 2 fully saturated rings. The van der Waals surface area contributed by atoms with Crippen LogP contribution in [-0.2, 0) is 0 Å². The van der Waals surface area contributed by atoms with Gasteiger partial charge in [-0.1, -0.05) is 18.8 Å². The molecule has 0 aromatic carbocycles. The summed E-state index contributed by atoms with van der Waals surface area (Å²) in [7, 11) is 2.26. The number of nitrogens with zero attached hydrogens (tertiary/aromatic N) is 4. The van der Waals surface area contributed by atoms with Crippen molar-refractivity contribution in [3.63, 3.8) is 0 Å². The second-order valence-corrected chi connectivity index (χ2v) is 5.58. The van der Waals surface area contributed by atoms with Crippen molar-refractivity contribution in [2.24, 2.45) is 0 Å². The van der Waals surface area contributed by atoms with E-state index in [0.29, 0.717) is 12.1 Å². The van der Waals surface area contributed by atoms with E-state index in [1.54, 1.807) is 6.20 Å². The summed E-state index contributed by atoms with van der Waals surface area (Å²) in [6.45, 7) is 2.03. The zero-order valence-corrected chi connectivity index (χ0v) is 11.4. The van der Waals surface area contributed by atoms with Crippen LogP contribution in [0.1, 0.15) is 31.2 Å². The summed E-state index contributed by atoms with van der Waals surface area (Å²) >= 11 is 0. The molecule has 4 nitrogen and oxygen atoms in total. The first-order chi connectivity index (χ1) is 9.29. The van der Waals surface area contributed by atoms with Crippen molar-refractivity contribution in [3.8, 4) is 12.3 Å². The van der Waals surface area contributed by atoms with Gasteiger partial charge in [0.15, 0.2) is 5.82 Å². The van der Waals surface area contributed by atoms with Crippen LogP contribution in [0.4, 0.5) is 5.82 Å². The summed E-state index contributed by atoms with van der Waals surface area (Å²) in [6.07, 6.45) is 12.5. The van der Waals surface area contributed by atoms with E-state index < -0.39 is 0 Å². The fourth-order valence-corrected chi connectivity index (χ4v) is 3.33. The number of anilines is 1. The molecule has 0 saturated carbocycles. The Morgan fingerprint density at radius 3 is 2.58 bits per heavy atom. The van der Waals surface area contributed by atoms with E-state index in [1.807, 2.05) is 6.07 Å². The lowest BCUT2D eigenvalue weighted by Gasteiger charge is -2.44. The van der Waals surface area contributed by atoms with Gasteiger partial charge in [-0.15, -0.1) is 11.5 Å². The molecule has 2 aliphatic heterocycles. The van der Waals surface area contributed by atoms with Crippen LogP contribution in [0, 0.1) is 12.3 Å². The van der Waals surface area contributed by atoms with E-state index >= 15 is 0 Å². The lowest BCUT2D eigenvalue weighted by Crippen LogP contribution is -2.56. The number of rotatable bonds is 1. The Labute approximate surface area is 114 Å². The summed E-state index contributed by atoms with van der Waals surface area (Å²) in [5.41, 5.74) is 0.858. The highest BCUT2D eigenvalue weighted by atomic mass is 15.3. The summed E-state index contributed by atoms with van der Waals surface area (Å²) in [4.78, 5) is 4.89. The van der Waals surface area contributed by atoms with Gasteiger partial charge in [0.25, 0.3) is 0 Å². The summed E-state index contributed by atoms with van der Waals surface area (Å²) in [6, 6.07) is 3.12. The Kier molecular flexibility index (Phi) is 3.39. The monoisotopic (exact) mass is 256 g/mol. The summed E-state index contributed by atoms with van der Waals surface area (Å²) in [5.74, 6) is 3.61. The molecule has 0 radical (unpaired) electrons. The Morgan fingerprint density at radius 2 is 1.95 bits per heavy atom. The van der Waals surface area contributed by atoms with Crippen molar-refractivity contribution in [1.82, 2.24) is 15.1 Å². The predicted molar refractivity (Wildman–Crippen MR) is 76.0 cm³/mol. The van der Waals surface area contributed by atoms with Crippen molar-refractivity contribution >= 4 is 5.82 Å². The topological polar surface area (TPSA) is 32.3 Å². The molecule has 2 saturated heterocycles. The Bertz CT molecular complexity index is 477. The fourth-order valence-electron chi connectivity index (χ4n) is 3.33. The van der Waals surface area contributed by atoms with E-state index in [-0.39, 0.29) is 0 Å². The Balaban J connectivity index is 1.89. The van der Waals surface area contributed by atoms with E-state index in [9.17, 15) is 0 Å². The molecule has 4 heteroatoms. The summed E-state index contributed by atoms with van der Waals surface area (Å²) in [5, 5.41) is 8.28. The van der Waals surface area contributed by atoms with Crippen molar-refractivity contribution in [2.45, 2.75) is 37.8 Å². The molecule has 3 heterocycles. The SMILES string of the molecule is C#Cc1ccnnc1N1CC2CCCCC(C1)N2C. The van der Waals surface area contributed by atoms with Gasteiger partial charge in [0.05, 0.1) is 11.8 Å². The van der Waals surface area contributed by atoms with Gasteiger partial charge < -0.3 is 4.90 Å². The highest BCUT2D eigenvalue weighted by molar-refractivity contribution is 5.54. The molecule has 0 aliphatic carbocycles. The van der Waals surface area contributed by atoms with Crippen LogP contribution < -0.4 is 4.90 Å². The van der Waals surface area contributed by atoms with Crippen LogP contribution >= 0.6 is 0 Å². The molecular formula is C15H20N4. The standard InChI is InChI=1S/C15H20N4/c1-3-12-8-9-16-17-15(12)19-10-13-6-4-5-7-14(11-19)18(13)2/h1,8-9,13-14H,4-7,10-11H2,2H3. The lowest BCUT2D eigenvalue weighted by molar-refractivity contribution is 0.149. The maximum absolute atomic E-state index is 5.58. The van der Waals surface area contributed by atoms with Crippen LogP contribution in [0.15, 0.2) is 12.3 Å². The van der Waals surface area contributed by atoms with Gasteiger partial charge >= 0.3 is 0 Å². The molecule has 2 atom stereocenters. The average molecular weight is 256 g/mol. The molecular weight excluding hydrogens is 236 g/mol. The zero-order valence-electron chi connectivity index (χ0n) is 11.4. The van der Waals surface area contributed by atoms with E-state index in [2.05, 4.69) is 33.0 Å². The molecule has 2 bridgehead atoms. The van der Waals surface area contributed by atoms with Crippen LogP contribution in [-0.4, -0.2) is 47.3 Å². The van der Waals surface area contributed by atoms with E-state index in [0.717, 1.165) is 24.5 Å². The molecule has 0 spiro atoms. The van der Waals surface area contributed by atoms with Gasteiger partial charge in [-0.05, 0) is 26.0 Å². The molecule has 2 unspecified atom stereocenters. The van der Waals surface area contributed by atoms with Gasteiger partial charge in [0, 0.05) is 25.2 Å². The molecule has 3 rings (SSSR count). The quantitative estimate of drug-likeness (QED) is 0.713. The minimum Gasteiger partial charge on any atom is -0.351 e. The van der Waals surface area contributed by atoms with Crippen LogP contribution in [0.2, 0.25) is 0 Å². The van der Waals surface area contributed by atoms with Crippen LogP contribution in [0.5, 0.6) is 0 Å². The number of likely N-dealkylation sites (N-methyl/N-ethyl adjacent to an activating group) is 1. The van der Waals surface area contributed by atoms with Crippen LogP contribution in [0.25, 0.3) is 0 Å². The third-order valence-electron chi connectivity index (χ3n) is 4.50. The minimum absolute atomic E-state index is 0.619. The van der Waals surface area contributed by atoms with Gasteiger partial charge in [-0.25, -0.2) is 0 Å². The second kappa shape index (κ2) is 5.18. The van der Waals surface area contributed by atoms with Gasteiger partial charge in [-0.2, -0.15) is 5.10 Å². The number of aromatic nitrogens is 2. The number of terminal acetylenes is 1. The highest BCUT2D eigenvalue weighted by Crippen LogP contribution is 2.29. The second-order valence-electron chi connectivity index (χ2n) is 5.58. The molecule has 19 heavy (non-hydrogen) atoms. The lowest BCUT2D eigenvalue weighted by atomic mass is 10.1. The van der Waals surface area contributed by atoms with Crippen molar-refractivity contribution in [2.75, 3.05) is 25.0 Å². The van der Waals surface area contributed by atoms with Gasteiger partial charge in [0.2, 0.25) is 0 Å². The largest absolute Gasteiger partial charge is 0.351 e. The van der Waals surface area contributed by atoms with E-state index in [1.165, 1.54) is 25.7 Å². The first-order valence-electron chi connectivity index (χ1n) is 7.05. The first kappa shape index (κ1) is 12.4. The molecule has 1 aromatic rings. The number of hydrogen-bond donors (Lipinski definition) is 0. The predicted octanol–water partition coefficient (Wildman–Crippen LogP) is 1.52. The van der Waals surface area contributed by atoms with Gasteiger partial charge in [-0.3, -0.25) is 4.90 Å². The Hall–Kier alpha value is -1.60. The minimum atomic E-state index is 0.619. The normalized spacial score (nSPS) is 27.7. The molecule has 2 aliphatic rings. The molecule has 1 aromatic heterocycles. The number of hydrogen-bond acceptors (Lipinski definition) is 4. The van der Waals surface area contributed by atoms with E-state index in [4.69, 9.17) is 6.42 Å². The number of fused-ring (bicyclic) bond motifs is 2. The molecule has 0 N–H and O–H groups in total. The first-order valence-corrected chi connectivity index (χ1v) is 7.05. The van der Waals surface area contributed by atoms with Crippen LogP contribution in [0.3, 0.4) is 0 Å². The highest BCUT2D eigenvalue weighted by Gasteiger charge is 2.34. The third-order valence-corrected chi connectivity index (χ3v) is 4.50. The molecule has 0 amide bonds. The van der Waals surface area contributed by atoms with Crippen molar-refractivity contribution < 1.29 is 0 Å². The Morgan fingerprint density at radius 1 is 1.26 bits per heavy atom. The maximum atomic E-state index is 5.58. The molecule has 100 valence electrons. The summed E-state index contributed by atoms with van der Waals surface area (Å²) < 4.78 is 0. The van der Waals surface area contributed by atoms with Crippen molar-refractivity contribution in [3.05, 3.63) is 17.8 Å². The zero-order chi connectivity index (χ0) is 13.2. The number of piperazine rings is 1.